The highest BCUT2D eigenvalue weighted by Gasteiger charge is 1.68. The van der Waals surface area contributed by atoms with E-state index in [9.17, 15) is 0 Å². The second-order valence-corrected chi connectivity index (χ2v) is 0.594. The largest absolute Gasteiger partial charge is 0.394 e. The first kappa shape index (κ1) is 15.7. The third kappa shape index (κ3) is 21.2. The zero-order valence-corrected chi connectivity index (χ0v) is 5.30. The Morgan fingerprint density at radius 3 is 1.86 bits per heavy atom. The Kier molecular flexibility index (Phi) is 36.0. The Labute approximate surface area is 54.6 Å². The molecule has 7 heavy (non-hydrogen) atoms. The average Bonchev–Trinajstić information content (AvgIpc) is 1.41. The summed E-state index contributed by atoms with van der Waals surface area (Å²) in [5.41, 5.74) is 0. The van der Waals surface area contributed by atoms with Crippen LogP contribution in [0.5, 0.6) is 0 Å². The molecule has 0 atom stereocenters. The molecule has 5 heteroatoms. The van der Waals surface area contributed by atoms with Gasteiger partial charge in [-0.2, -0.15) is 0 Å². The Morgan fingerprint density at radius 1 is 1.43 bits per heavy atom. The molecule has 0 aromatic rings. The number of hydrogen-bond acceptors (Lipinski definition) is 3. The van der Waals surface area contributed by atoms with E-state index in [1.54, 1.807) is 0 Å². The molecule has 0 fully saturated rings. The van der Waals surface area contributed by atoms with Crippen molar-refractivity contribution in [1.29, 1.82) is 0 Å². The summed E-state index contributed by atoms with van der Waals surface area (Å²) >= 11 is 0. The van der Waals surface area contributed by atoms with Gasteiger partial charge in [0, 0.05) is 0 Å². The lowest BCUT2D eigenvalue weighted by Crippen LogP contribution is -2.03. The normalized spacial score (nSPS) is 6.00. The fraction of sp³-hybridized carbons (Fsp3) is 1.00. The van der Waals surface area contributed by atoms with Gasteiger partial charge in [0.1, 0.15) is 0 Å². The van der Waals surface area contributed by atoms with E-state index < -0.39 is 0 Å². The van der Waals surface area contributed by atoms with Crippen LogP contribution in [0.15, 0.2) is 0 Å². The van der Waals surface area contributed by atoms with Gasteiger partial charge in [-0.1, -0.05) is 0 Å². The molecule has 0 radical (unpaired) electrons. The van der Waals surface area contributed by atoms with Gasteiger partial charge in [-0.15, -0.1) is 24.8 Å². The molecule has 0 aliphatic heterocycles. The lowest BCUT2D eigenvalue weighted by molar-refractivity contribution is 0.0938. The smallest absolute Gasteiger partial charge is 0.0910 e. The van der Waals surface area contributed by atoms with E-state index in [2.05, 4.69) is 10.7 Å². The quantitative estimate of drug-likeness (QED) is 0.532. The lowest BCUT2D eigenvalue weighted by Gasteiger charge is -1.83. The molecule has 0 heterocycles. The predicted molar refractivity (Wildman–Crippen MR) is 31.7 cm³/mol. The molecule has 0 bridgehead atoms. The minimum Gasteiger partial charge on any atom is -0.394 e. The van der Waals surface area contributed by atoms with Crippen LogP contribution >= 0.6 is 24.8 Å². The van der Waals surface area contributed by atoms with Crippen molar-refractivity contribution in [2.24, 2.45) is 5.90 Å². The van der Waals surface area contributed by atoms with E-state index >= 15 is 0 Å². The van der Waals surface area contributed by atoms with Gasteiger partial charge in [0.2, 0.25) is 0 Å². The van der Waals surface area contributed by atoms with Crippen LogP contribution in [0.3, 0.4) is 0 Å². The first-order chi connectivity index (χ1) is 2.41. The third-order valence-electron chi connectivity index (χ3n) is 0.209. The highest BCUT2D eigenvalue weighted by molar-refractivity contribution is 5.85. The van der Waals surface area contributed by atoms with Crippen LogP contribution < -0.4 is 5.90 Å². The van der Waals surface area contributed by atoms with Gasteiger partial charge in [0.25, 0.3) is 0 Å². The minimum absolute atomic E-state index is 0. The Bertz CT molecular complexity index is 21.2. The van der Waals surface area contributed by atoms with Crippen LogP contribution in [0.1, 0.15) is 0 Å². The van der Waals surface area contributed by atoms with Gasteiger partial charge < -0.3 is 9.94 Å². The summed E-state index contributed by atoms with van der Waals surface area (Å²) in [7, 11) is 0. The molecule has 0 rings (SSSR count). The molecular formula is C2H9Cl2NO2. The lowest BCUT2D eigenvalue weighted by atomic mass is 10.8. The van der Waals surface area contributed by atoms with E-state index in [0.29, 0.717) is 0 Å². The van der Waals surface area contributed by atoms with Crippen molar-refractivity contribution in [1.82, 2.24) is 0 Å². The molecule has 0 aliphatic carbocycles. The van der Waals surface area contributed by atoms with Crippen LogP contribution in [-0.2, 0) is 4.84 Å². The number of aliphatic hydroxyl groups excluding tert-OH is 1. The maximum Gasteiger partial charge on any atom is 0.0910 e. The monoisotopic (exact) mass is 149 g/mol. The van der Waals surface area contributed by atoms with Crippen molar-refractivity contribution >= 4 is 24.8 Å². The third-order valence-corrected chi connectivity index (χ3v) is 0.209. The van der Waals surface area contributed by atoms with Crippen molar-refractivity contribution in [2.45, 2.75) is 0 Å². The topological polar surface area (TPSA) is 55.5 Å². The predicted octanol–water partition coefficient (Wildman–Crippen LogP) is -0.287. The van der Waals surface area contributed by atoms with Crippen LogP contribution in [0.2, 0.25) is 0 Å². The molecule has 48 valence electrons. The number of hydrogen-bond donors (Lipinski definition) is 2. The molecule has 0 saturated carbocycles. The molecule has 0 spiro atoms. The molecule has 3 N–H and O–H groups in total. The van der Waals surface area contributed by atoms with E-state index in [0.717, 1.165) is 0 Å². The second kappa shape index (κ2) is 16.1. The highest BCUT2D eigenvalue weighted by atomic mass is 35.5. The summed E-state index contributed by atoms with van der Waals surface area (Å²) in [5.74, 6) is 4.48. The summed E-state index contributed by atoms with van der Waals surface area (Å²) in [4.78, 5) is 3.94. The van der Waals surface area contributed by atoms with E-state index in [4.69, 9.17) is 5.11 Å². The van der Waals surface area contributed by atoms with E-state index in [-0.39, 0.29) is 38.0 Å². The molecule has 3 nitrogen and oxygen atoms in total. The summed E-state index contributed by atoms with van der Waals surface area (Å²) < 4.78 is 0. The zero-order valence-electron chi connectivity index (χ0n) is 3.66. The van der Waals surface area contributed by atoms with Gasteiger partial charge in [-0.3, -0.25) is 0 Å². The van der Waals surface area contributed by atoms with Crippen molar-refractivity contribution < 1.29 is 9.94 Å². The van der Waals surface area contributed by atoms with Crippen LogP contribution in [0, 0.1) is 0 Å². The van der Waals surface area contributed by atoms with Gasteiger partial charge in [0.15, 0.2) is 0 Å². The van der Waals surface area contributed by atoms with Crippen molar-refractivity contribution in [2.75, 3.05) is 13.2 Å². The maximum atomic E-state index is 7.86. The number of halogens is 2. The molecule has 0 unspecified atom stereocenters. The van der Waals surface area contributed by atoms with Crippen molar-refractivity contribution in [3.63, 3.8) is 0 Å². The molecule has 0 amide bonds. The van der Waals surface area contributed by atoms with Gasteiger partial charge in [-0.05, 0) is 0 Å². The number of nitrogens with two attached hydrogens (primary N) is 1. The Balaban J connectivity index is -0.0000000800. The molecule has 0 aliphatic rings. The summed E-state index contributed by atoms with van der Waals surface area (Å²) in [6.45, 7) is 0.219. The maximum absolute atomic E-state index is 7.86. The van der Waals surface area contributed by atoms with E-state index in [1.165, 1.54) is 0 Å². The molecule has 0 aromatic heterocycles. The summed E-state index contributed by atoms with van der Waals surface area (Å²) in [5, 5.41) is 7.86. The van der Waals surface area contributed by atoms with Gasteiger partial charge in [-0.25, -0.2) is 5.90 Å². The fourth-order valence-electron chi connectivity index (χ4n) is 0.0527. The highest BCUT2D eigenvalue weighted by Crippen LogP contribution is 1.51. The fourth-order valence-corrected chi connectivity index (χ4v) is 0.0527. The van der Waals surface area contributed by atoms with Crippen LogP contribution in [0.25, 0.3) is 0 Å². The molecular weight excluding hydrogens is 141 g/mol. The van der Waals surface area contributed by atoms with Crippen molar-refractivity contribution in [3.8, 4) is 0 Å². The van der Waals surface area contributed by atoms with Gasteiger partial charge >= 0.3 is 0 Å². The van der Waals surface area contributed by atoms with Crippen LogP contribution in [-0.4, -0.2) is 18.3 Å². The van der Waals surface area contributed by atoms with Gasteiger partial charge in [0.05, 0.1) is 13.2 Å². The first-order valence-electron chi connectivity index (χ1n) is 1.34. The second-order valence-electron chi connectivity index (χ2n) is 0.594. The standard InChI is InChI=1S/C2H7NO2.2ClH/c3-5-2-1-4;;/h4H,1-3H2;2*1H. The first-order valence-corrected chi connectivity index (χ1v) is 1.34. The minimum atomic E-state index is -0.00347. The van der Waals surface area contributed by atoms with E-state index in [1.807, 2.05) is 0 Å². The van der Waals surface area contributed by atoms with Crippen LogP contribution in [0.4, 0.5) is 0 Å². The van der Waals surface area contributed by atoms with Crippen molar-refractivity contribution in [3.05, 3.63) is 0 Å². The SMILES string of the molecule is Cl.Cl.NOCCO. The molecule has 0 saturated heterocycles. The Hall–Kier alpha value is 0.460. The number of aliphatic hydroxyl groups is 1. The summed E-state index contributed by atoms with van der Waals surface area (Å²) in [6, 6.07) is 0. The number of rotatable bonds is 2. The Morgan fingerprint density at radius 2 is 1.86 bits per heavy atom. The average molecular weight is 150 g/mol. The summed E-state index contributed by atoms with van der Waals surface area (Å²) in [6.07, 6.45) is 0. The molecule has 0 aromatic carbocycles. The zero-order chi connectivity index (χ0) is 4.12.